The molecule has 2 aliphatic heterocycles. The van der Waals surface area contributed by atoms with E-state index in [9.17, 15) is 34.2 Å². The first-order chi connectivity index (χ1) is 34.6. The first-order valence-electron chi connectivity index (χ1n) is 23.4. The second-order valence-electron chi connectivity index (χ2n) is 18.6. The third-order valence-electron chi connectivity index (χ3n) is 12.7. The number of imidazole rings is 1. The molecule has 2 fully saturated rings. The molecule has 0 spiro atoms. The minimum Gasteiger partial charge on any atom is -0.414 e. The third kappa shape index (κ3) is 11.8. The number of hydrogen-bond acceptors (Lipinski definition) is 19. The normalized spacial score (nSPS) is 24.1. The van der Waals surface area contributed by atoms with Gasteiger partial charge in [-0.15, -0.1) is 0 Å². The van der Waals surface area contributed by atoms with Crippen LogP contribution in [-0.4, -0.2) is 128 Å². The Hall–Kier alpha value is -3.76. The van der Waals surface area contributed by atoms with E-state index in [1.807, 2.05) is 61.5 Å². The lowest BCUT2D eigenvalue weighted by atomic mass is 10.1. The van der Waals surface area contributed by atoms with Crippen LogP contribution in [-0.2, 0) is 52.5 Å². The number of amides is 1. The van der Waals surface area contributed by atoms with Gasteiger partial charge in [-0.05, 0) is 46.1 Å². The summed E-state index contributed by atoms with van der Waals surface area (Å²) >= 11 is 12.8. The zero-order valence-electron chi connectivity index (χ0n) is 41.0. The molecule has 0 aliphatic carbocycles. The number of aliphatic hydroxyl groups is 1. The highest BCUT2D eigenvalue weighted by molar-refractivity contribution is 8.07. The first kappa shape index (κ1) is 57.0. The maximum atomic E-state index is 16.8. The van der Waals surface area contributed by atoms with Gasteiger partial charge in [-0.25, -0.2) is 24.3 Å². The largest absolute Gasteiger partial charge is 0.414 e. The number of aromatic nitrogens is 7. The molecule has 0 bridgehead atoms. The number of carbonyl (C=O) groups excluding carboxylic acids is 1. The number of ether oxygens (including phenoxy) is 2. The van der Waals surface area contributed by atoms with Crippen LogP contribution in [0.15, 0.2) is 60.3 Å². The fraction of sp³-hybridized carbons (Fsp3) is 0.558. The highest BCUT2D eigenvalue weighted by Crippen LogP contribution is 2.57. The average molecular weight is 1130 g/mol. The quantitative estimate of drug-likeness (QED) is 0.0254. The Labute approximate surface area is 432 Å². The Morgan fingerprint density at radius 2 is 1.67 bits per heavy atom. The van der Waals surface area contributed by atoms with Gasteiger partial charge in [0, 0.05) is 11.8 Å². The second kappa shape index (κ2) is 23.6. The van der Waals surface area contributed by atoms with Crippen LogP contribution in [0.25, 0.3) is 22.2 Å². The van der Waals surface area contributed by atoms with Crippen molar-refractivity contribution in [2.75, 3.05) is 25.1 Å². The smallest absolute Gasteiger partial charge is 0.335 e. The Balaban J connectivity index is 1.26. The standard InChI is InChI=1S/C43H59ClFN9O14P2SSi2/c1-23(2)72(60,24(3)4)68-73(25(5)6,26(7)8)67-35-29(18-55)63-43(53-17-28(44)31-38(53)48-21-50-41(31)57)36(35)66-70(71,61-16-12-15-46)62-19-30-34(65-69(58)59)32(45)42(64-30)54-22-51-33-37(47-20-49-39(33)54)52-40(56)27-13-10-9-11-14-27/h9-11,13-14,17,20-26,29-30,32,34-36,42-43,55,60,69H,12,16,18-19H2,1-8H3,(H,58,59)(H,48,50,57)(H,47,49,52,56)/t29-,30-,32-,34-,35-,36-,42-,43-,70?/m1/s1. The minimum atomic E-state index is -4.31. The number of carbonyl (C=O) groups is 1. The van der Waals surface area contributed by atoms with Gasteiger partial charge in [0.05, 0.1) is 50.0 Å². The van der Waals surface area contributed by atoms with Crippen molar-refractivity contribution in [2.45, 2.75) is 133 Å². The van der Waals surface area contributed by atoms with Crippen molar-refractivity contribution in [1.82, 2.24) is 34.1 Å². The van der Waals surface area contributed by atoms with Gasteiger partial charge in [-0.2, -0.15) is 5.26 Å². The van der Waals surface area contributed by atoms with Crippen molar-refractivity contribution in [3.05, 3.63) is 76.5 Å². The summed E-state index contributed by atoms with van der Waals surface area (Å²) in [5, 5.41) is 23.4. The van der Waals surface area contributed by atoms with Crippen LogP contribution in [0.1, 0.15) is 84.6 Å². The number of halogens is 2. The van der Waals surface area contributed by atoms with E-state index in [4.69, 9.17) is 59.5 Å². The fourth-order valence-electron chi connectivity index (χ4n) is 8.97. The summed E-state index contributed by atoms with van der Waals surface area (Å²) < 4.78 is 83.2. The molecule has 2 saturated heterocycles. The van der Waals surface area contributed by atoms with E-state index in [2.05, 4.69) is 30.2 Å². The summed E-state index contributed by atoms with van der Waals surface area (Å²) in [6, 6.07) is 10.3. The number of aromatic amines is 1. The molecule has 5 aromatic rings. The molecule has 2 unspecified atom stereocenters. The van der Waals surface area contributed by atoms with Crippen LogP contribution in [0.3, 0.4) is 0 Å². The van der Waals surface area contributed by atoms with Crippen LogP contribution < -0.4 is 10.9 Å². The van der Waals surface area contributed by atoms with Gasteiger partial charge >= 0.3 is 32.1 Å². The zero-order valence-corrected chi connectivity index (χ0v) is 46.5. The number of benzene rings is 1. The van der Waals surface area contributed by atoms with E-state index in [1.54, 1.807) is 30.3 Å². The number of fused-ring (bicyclic) bond motifs is 2. The number of aliphatic hydroxyl groups excluding tert-OH is 1. The van der Waals surface area contributed by atoms with E-state index in [0.29, 0.717) is 5.56 Å². The molecular weight excluding hydrogens is 1070 g/mol. The summed E-state index contributed by atoms with van der Waals surface area (Å²) in [6.07, 6.45) is -7.69. The number of nitriles is 1. The second-order valence-corrected chi connectivity index (χ2v) is 31.4. The molecule has 7 rings (SSSR count). The fourth-order valence-corrected chi connectivity index (χ4v) is 21.8. The number of anilines is 1. The highest BCUT2D eigenvalue weighted by Gasteiger charge is 2.60. The molecule has 0 radical (unpaired) electrons. The highest BCUT2D eigenvalue weighted by atomic mass is 35.5. The first-order valence-corrected chi connectivity index (χ1v) is 31.5. The number of rotatable bonds is 23. The van der Waals surface area contributed by atoms with Crippen LogP contribution >= 0.6 is 26.6 Å². The summed E-state index contributed by atoms with van der Waals surface area (Å²) in [6.45, 7) is 9.21. The maximum absolute atomic E-state index is 16.8. The molecule has 398 valence electrons. The van der Waals surface area contributed by atoms with E-state index < -0.39 is 106 Å². The number of hydrogen-bond donors (Lipinski definition) is 5. The van der Waals surface area contributed by atoms with Crippen molar-refractivity contribution >= 4 is 89.4 Å². The molecule has 73 heavy (non-hydrogen) atoms. The summed E-state index contributed by atoms with van der Waals surface area (Å²) in [5.41, 5.74) is -1.28. The molecule has 10 atom stereocenters. The molecule has 30 heteroatoms. The van der Waals surface area contributed by atoms with Gasteiger partial charge in [0.2, 0.25) is 0 Å². The molecule has 6 heterocycles. The number of nitrogens with zero attached hydrogens (tertiary/aromatic N) is 7. The third-order valence-corrected chi connectivity index (χ3v) is 25.6. The van der Waals surface area contributed by atoms with Crippen LogP contribution in [0.5, 0.6) is 0 Å². The lowest BCUT2D eigenvalue weighted by molar-refractivity contribution is -0.0559. The molecule has 0 saturated carbocycles. The number of H-pyrrole nitrogens is 1. The minimum absolute atomic E-state index is 0.00643. The zero-order chi connectivity index (χ0) is 53.2. The number of nitrogens with one attached hydrogen (secondary N) is 2. The van der Waals surface area contributed by atoms with Crippen molar-refractivity contribution in [3.8, 4) is 6.07 Å². The van der Waals surface area contributed by atoms with E-state index in [0.717, 1.165) is 6.33 Å². The molecule has 2 aliphatic rings. The van der Waals surface area contributed by atoms with E-state index in [-0.39, 0.29) is 68.2 Å². The van der Waals surface area contributed by atoms with E-state index >= 15 is 4.39 Å². The lowest BCUT2D eigenvalue weighted by Crippen LogP contribution is -2.62. The SMILES string of the molecule is CC(C)[Si](O)(O[Si](O[C@H]1[C@@H](OP(=S)(OCCC#N)OC[C@H]2O[C@@H](n3cnc4c(NC(=O)c5ccccc5)ncnc43)[C@H](F)[C@@H]2O[PH](=O)O)[C@H](n2cc(Cl)c3c(=O)[nH]cnc32)O[C@@H]1CO)(C(C)C)C(C)C)C(C)C. The predicted octanol–water partition coefficient (Wildman–Crippen LogP) is 6.84. The van der Waals surface area contributed by atoms with Crippen LogP contribution in [0, 0.1) is 11.3 Å². The molecular formula is C43H59ClFN9O14P2SSi2. The Morgan fingerprint density at radius 1 is 0.986 bits per heavy atom. The van der Waals surface area contributed by atoms with Crippen molar-refractivity contribution in [3.63, 3.8) is 0 Å². The molecule has 23 nitrogen and oxygen atoms in total. The summed E-state index contributed by atoms with van der Waals surface area (Å²) in [7, 11) is -11.1. The van der Waals surface area contributed by atoms with Crippen LogP contribution in [0.4, 0.5) is 10.2 Å². The van der Waals surface area contributed by atoms with Gasteiger partial charge in [0.25, 0.3) is 11.5 Å². The molecule has 4 aromatic heterocycles. The molecule has 5 N–H and O–H groups in total. The van der Waals surface area contributed by atoms with Gasteiger partial charge < -0.3 is 61.2 Å². The van der Waals surface area contributed by atoms with Crippen LogP contribution in [0.2, 0.25) is 27.2 Å². The average Bonchev–Trinajstić information content (AvgIpc) is 4.10. The molecule has 1 aromatic carbocycles. The van der Waals surface area contributed by atoms with Gasteiger partial charge in [0.1, 0.15) is 42.2 Å². The van der Waals surface area contributed by atoms with Gasteiger partial charge in [-0.1, -0.05) is 85.2 Å². The molecule has 1 amide bonds. The topological polar surface area (TPSA) is 299 Å². The van der Waals surface area contributed by atoms with Gasteiger partial charge in [-0.3, -0.25) is 23.2 Å². The summed E-state index contributed by atoms with van der Waals surface area (Å²) in [5.74, 6) is -0.488. The van der Waals surface area contributed by atoms with E-state index in [1.165, 1.54) is 28.0 Å². The van der Waals surface area contributed by atoms with Crippen molar-refractivity contribution in [1.29, 1.82) is 5.26 Å². The summed E-state index contributed by atoms with van der Waals surface area (Å²) in [4.78, 5) is 68.1. The number of alkyl halides is 1. The van der Waals surface area contributed by atoms with Gasteiger partial charge in [0.15, 0.2) is 41.3 Å². The Morgan fingerprint density at radius 3 is 2.30 bits per heavy atom. The predicted molar refractivity (Wildman–Crippen MR) is 272 cm³/mol. The monoisotopic (exact) mass is 1130 g/mol. The van der Waals surface area contributed by atoms with Crippen molar-refractivity contribution < 1.29 is 64.7 Å². The Kier molecular flexibility index (Phi) is 18.4. The van der Waals surface area contributed by atoms with Crippen molar-refractivity contribution in [2.24, 2.45) is 0 Å². The Bertz CT molecular complexity index is 2900. The maximum Gasteiger partial charge on any atom is 0.335 e. The lowest BCUT2D eigenvalue weighted by Gasteiger charge is -2.47.